The van der Waals surface area contributed by atoms with E-state index >= 15 is 0 Å². The second kappa shape index (κ2) is 6.50. The van der Waals surface area contributed by atoms with E-state index < -0.39 is 0 Å². The molecule has 3 aliphatic rings. The summed E-state index contributed by atoms with van der Waals surface area (Å²) in [4.78, 5) is 19.1. The third kappa shape index (κ3) is 3.36. The Morgan fingerprint density at radius 3 is 2.74 bits per heavy atom. The number of nitrogens with zero attached hydrogens (tertiary/aromatic N) is 2. The van der Waals surface area contributed by atoms with Gasteiger partial charge in [-0.25, -0.2) is 4.98 Å². The fourth-order valence-corrected chi connectivity index (χ4v) is 4.79. The van der Waals surface area contributed by atoms with E-state index in [1.54, 1.807) is 0 Å². The van der Waals surface area contributed by atoms with Gasteiger partial charge in [-0.2, -0.15) is 0 Å². The fourth-order valence-electron chi connectivity index (χ4n) is 4.79. The first kappa shape index (κ1) is 15.0. The van der Waals surface area contributed by atoms with Crippen molar-refractivity contribution in [3.8, 4) is 0 Å². The Morgan fingerprint density at radius 2 is 2.09 bits per heavy atom. The smallest absolute Gasteiger partial charge is 0.220 e. The summed E-state index contributed by atoms with van der Waals surface area (Å²) in [5.74, 6) is 3.67. The molecule has 124 valence electrons. The van der Waals surface area contributed by atoms with Gasteiger partial charge in [-0.05, 0) is 61.5 Å². The molecule has 2 saturated carbocycles. The fraction of sp³-hybridized carbons (Fsp3) is 0.684. The number of aromatic nitrogens is 1. The molecule has 1 amide bonds. The Bertz CT molecular complexity index is 550. The standard InChI is InChI=1S/C19H27N3O/c23-19(11-17-10-14-3-5-16(17)9-14)21-13-15-4-6-18(20-12-15)22-7-1-2-8-22/h4,6,12,14,16-17H,1-3,5,7-11,13H2,(H,21,23)/t14-,16-,17-/m0/s1. The molecule has 2 bridgehead atoms. The summed E-state index contributed by atoms with van der Waals surface area (Å²) in [7, 11) is 0. The minimum atomic E-state index is 0.214. The average molecular weight is 313 g/mol. The van der Waals surface area contributed by atoms with Gasteiger partial charge in [0.15, 0.2) is 0 Å². The Morgan fingerprint density at radius 1 is 1.22 bits per heavy atom. The number of carbonyl (C=O) groups is 1. The van der Waals surface area contributed by atoms with Crippen LogP contribution in [0.25, 0.3) is 0 Å². The Kier molecular flexibility index (Phi) is 4.23. The van der Waals surface area contributed by atoms with Crippen LogP contribution < -0.4 is 10.2 Å². The van der Waals surface area contributed by atoms with Crippen molar-refractivity contribution in [1.82, 2.24) is 10.3 Å². The molecule has 0 radical (unpaired) electrons. The SMILES string of the molecule is O=C(C[C@@H]1C[C@H]2CC[C@H]1C2)NCc1ccc(N2CCCC2)nc1. The molecule has 3 atom stereocenters. The predicted octanol–water partition coefficient (Wildman–Crippen LogP) is 3.12. The number of carbonyl (C=O) groups excluding carboxylic acids is 1. The van der Waals surface area contributed by atoms with Crippen LogP contribution in [0.3, 0.4) is 0 Å². The molecular weight excluding hydrogens is 286 g/mol. The van der Waals surface area contributed by atoms with E-state index in [1.165, 1.54) is 38.5 Å². The molecule has 1 saturated heterocycles. The summed E-state index contributed by atoms with van der Waals surface area (Å²) in [6.07, 6.45) is 10.6. The first-order chi connectivity index (χ1) is 11.3. The van der Waals surface area contributed by atoms with Crippen molar-refractivity contribution in [3.05, 3.63) is 23.9 Å². The van der Waals surface area contributed by atoms with Crippen molar-refractivity contribution in [2.45, 2.75) is 51.5 Å². The highest BCUT2D eigenvalue weighted by Crippen LogP contribution is 2.49. The van der Waals surface area contributed by atoms with Crippen LogP contribution in [-0.4, -0.2) is 24.0 Å². The lowest BCUT2D eigenvalue weighted by Gasteiger charge is -2.21. The third-order valence-corrected chi connectivity index (χ3v) is 6.06. The van der Waals surface area contributed by atoms with Crippen LogP contribution in [0.15, 0.2) is 18.3 Å². The molecule has 0 spiro atoms. The number of hydrogen-bond acceptors (Lipinski definition) is 3. The van der Waals surface area contributed by atoms with Crippen LogP contribution in [0.2, 0.25) is 0 Å². The number of nitrogens with one attached hydrogen (secondary N) is 1. The molecule has 1 aromatic heterocycles. The van der Waals surface area contributed by atoms with Crippen molar-refractivity contribution >= 4 is 11.7 Å². The highest BCUT2D eigenvalue weighted by molar-refractivity contribution is 5.76. The highest BCUT2D eigenvalue weighted by atomic mass is 16.1. The molecule has 2 heterocycles. The maximum atomic E-state index is 12.2. The van der Waals surface area contributed by atoms with Gasteiger partial charge in [0.2, 0.25) is 5.91 Å². The van der Waals surface area contributed by atoms with Gasteiger partial charge < -0.3 is 10.2 Å². The van der Waals surface area contributed by atoms with Crippen molar-refractivity contribution < 1.29 is 4.79 Å². The maximum absolute atomic E-state index is 12.2. The first-order valence-electron chi connectivity index (χ1n) is 9.24. The molecule has 0 unspecified atom stereocenters. The van der Waals surface area contributed by atoms with Crippen molar-refractivity contribution in [2.24, 2.45) is 17.8 Å². The van der Waals surface area contributed by atoms with Crippen molar-refractivity contribution in [1.29, 1.82) is 0 Å². The number of rotatable bonds is 5. The van der Waals surface area contributed by atoms with Gasteiger partial charge in [0.05, 0.1) is 0 Å². The van der Waals surface area contributed by atoms with E-state index in [4.69, 9.17) is 0 Å². The summed E-state index contributed by atoms with van der Waals surface area (Å²) in [6, 6.07) is 4.18. The minimum absolute atomic E-state index is 0.214. The Labute approximate surface area is 138 Å². The number of pyridine rings is 1. The second-order valence-corrected chi connectivity index (χ2v) is 7.63. The van der Waals surface area contributed by atoms with Gasteiger partial charge in [0.1, 0.15) is 5.82 Å². The maximum Gasteiger partial charge on any atom is 0.220 e. The summed E-state index contributed by atoms with van der Waals surface area (Å²) in [6.45, 7) is 2.84. The molecule has 1 aromatic rings. The Balaban J connectivity index is 1.24. The van der Waals surface area contributed by atoms with E-state index in [2.05, 4.69) is 27.3 Å². The zero-order valence-electron chi connectivity index (χ0n) is 13.8. The summed E-state index contributed by atoms with van der Waals surface area (Å²) >= 11 is 0. The van der Waals surface area contributed by atoms with Crippen LogP contribution in [0, 0.1) is 17.8 Å². The molecule has 4 nitrogen and oxygen atoms in total. The van der Waals surface area contributed by atoms with E-state index in [9.17, 15) is 4.79 Å². The topological polar surface area (TPSA) is 45.2 Å². The minimum Gasteiger partial charge on any atom is -0.357 e. The van der Waals surface area contributed by atoms with Crippen molar-refractivity contribution in [3.63, 3.8) is 0 Å². The van der Waals surface area contributed by atoms with E-state index in [-0.39, 0.29) is 5.91 Å². The lowest BCUT2D eigenvalue weighted by molar-refractivity contribution is -0.122. The summed E-state index contributed by atoms with van der Waals surface area (Å²) in [5, 5.41) is 3.08. The van der Waals surface area contributed by atoms with Gasteiger partial charge >= 0.3 is 0 Å². The van der Waals surface area contributed by atoms with Crippen LogP contribution in [-0.2, 0) is 11.3 Å². The summed E-state index contributed by atoms with van der Waals surface area (Å²) < 4.78 is 0. The third-order valence-electron chi connectivity index (χ3n) is 6.06. The van der Waals surface area contributed by atoms with Gasteiger partial charge in [-0.15, -0.1) is 0 Å². The highest BCUT2D eigenvalue weighted by Gasteiger charge is 2.39. The van der Waals surface area contributed by atoms with Crippen LogP contribution in [0.1, 0.15) is 50.5 Å². The van der Waals surface area contributed by atoms with Crippen LogP contribution in [0.4, 0.5) is 5.82 Å². The quantitative estimate of drug-likeness (QED) is 0.908. The molecular formula is C19H27N3O. The first-order valence-corrected chi connectivity index (χ1v) is 9.24. The molecule has 3 fully saturated rings. The predicted molar refractivity (Wildman–Crippen MR) is 91.1 cm³/mol. The second-order valence-electron chi connectivity index (χ2n) is 7.63. The van der Waals surface area contributed by atoms with Gasteiger partial charge in [0.25, 0.3) is 0 Å². The number of hydrogen-bond donors (Lipinski definition) is 1. The van der Waals surface area contributed by atoms with Gasteiger partial charge in [-0.3, -0.25) is 4.79 Å². The molecule has 4 rings (SSSR count). The Hall–Kier alpha value is -1.58. The normalized spacial score (nSPS) is 29.2. The monoisotopic (exact) mass is 313 g/mol. The molecule has 2 aliphatic carbocycles. The number of anilines is 1. The number of amides is 1. The lowest BCUT2D eigenvalue weighted by atomic mass is 9.86. The molecule has 1 N–H and O–H groups in total. The lowest BCUT2D eigenvalue weighted by Crippen LogP contribution is -2.27. The van der Waals surface area contributed by atoms with Gasteiger partial charge in [-0.1, -0.05) is 12.5 Å². The van der Waals surface area contributed by atoms with Crippen LogP contribution in [0.5, 0.6) is 0 Å². The largest absolute Gasteiger partial charge is 0.357 e. The van der Waals surface area contributed by atoms with Gasteiger partial charge in [0, 0.05) is 32.3 Å². The molecule has 0 aromatic carbocycles. The van der Waals surface area contributed by atoms with E-state index in [0.29, 0.717) is 12.5 Å². The average Bonchev–Trinajstić information content (AvgIpc) is 3.31. The van der Waals surface area contributed by atoms with Crippen LogP contribution >= 0.6 is 0 Å². The zero-order chi connectivity index (χ0) is 15.6. The summed E-state index contributed by atoms with van der Waals surface area (Å²) in [5.41, 5.74) is 1.09. The van der Waals surface area contributed by atoms with Crippen molar-refractivity contribution in [2.75, 3.05) is 18.0 Å². The molecule has 23 heavy (non-hydrogen) atoms. The zero-order valence-corrected chi connectivity index (χ0v) is 13.8. The molecule has 1 aliphatic heterocycles. The van der Waals surface area contributed by atoms with E-state index in [0.717, 1.165) is 42.7 Å². The number of fused-ring (bicyclic) bond motifs is 2. The molecule has 4 heteroatoms. The van der Waals surface area contributed by atoms with E-state index in [1.807, 2.05) is 6.20 Å².